The van der Waals surface area contributed by atoms with Crippen molar-refractivity contribution in [2.24, 2.45) is 16.8 Å². The lowest BCUT2D eigenvalue weighted by Crippen LogP contribution is -2.45. The first-order valence-corrected chi connectivity index (χ1v) is 9.16. The molecule has 1 aromatic rings. The molecule has 8 heteroatoms. The fraction of sp³-hybridized carbons (Fsp3) is 0.722. The first kappa shape index (κ1) is 22.7. The van der Waals surface area contributed by atoms with Crippen molar-refractivity contribution in [2.45, 2.75) is 53.2 Å². The Morgan fingerprint density at radius 2 is 2.12 bits per heavy atom. The van der Waals surface area contributed by atoms with E-state index in [0.717, 1.165) is 37.8 Å². The second-order valence-electron chi connectivity index (χ2n) is 7.38. The first-order chi connectivity index (χ1) is 11.9. The Kier molecular flexibility index (Phi) is 9.38. The quantitative estimate of drug-likeness (QED) is 0.375. The Morgan fingerprint density at radius 1 is 1.38 bits per heavy atom. The summed E-state index contributed by atoms with van der Waals surface area (Å²) in [4.78, 5) is 22.8. The number of aliphatic imine (C=N–C) groups is 1. The molecular formula is C18H33IN6O. The molecule has 2 rings (SSSR count). The minimum Gasteiger partial charge on any atom is -0.352 e. The highest BCUT2D eigenvalue weighted by Gasteiger charge is 2.27. The zero-order chi connectivity index (χ0) is 18.4. The van der Waals surface area contributed by atoms with Crippen LogP contribution in [0.25, 0.3) is 0 Å². The van der Waals surface area contributed by atoms with Gasteiger partial charge < -0.3 is 20.1 Å². The first-order valence-electron chi connectivity index (χ1n) is 9.16. The highest BCUT2D eigenvalue weighted by Crippen LogP contribution is 2.12. The van der Waals surface area contributed by atoms with E-state index in [4.69, 9.17) is 0 Å². The zero-order valence-corrected chi connectivity index (χ0v) is 18.9. The van der Waals surface area contributed by atoms with Crippen LogP contribution in [0.2, 0.25) is 0 Å². The number of amides is 1. The molecule has 1 amide bonds. The van der Waals surface area contributed by atoms with Gasteiger partial charge in [0.15, 0.2) is 5.96 Å². The highest BCUT2D eigenvalue weighted by molar-refractivity contribution is 14.0. The number of carbonyl (C=O) groups is 1. The molecule has 0 spiro atoms. The minimum absolute atomic E-state index is 0. The van der Waals surface area contributed by atoms with E-state index in [1.54, 1.807) is 7.05 Å². The van der Waals surface area contributed by atoms with Gasteiger partial charge in [-0.3, -0.25) is 9.79 Å². The van der Waals surface area contributed by atoms with Crippen molar-refractivity contribution >= 4 is 35.8 Å². The zero-order valence-electron chi connectivity index (χ0n) is 16.5. The van der Waals surface area contributed by atoms with Crippen LogP contribution in [0.15, 0.2) is 17.4 Å². The maximum atomic E-state index is 12.1. The molecule has 1 fully saturated rings. The average molecular weight is 476 g/mol. The summed E-state index contributed by atoms with van der Waals surface area (Å²) in [7, 11) is 1.77. The van der Waals surface area contributed by atoms with Crippen LogP contribution in [0, 0.1) is 11.8 Å². The lowest BCUT2D eigenvalue weighted by molar-refractivity contribution is -0.133. The van der Waals surface area contributed by atoms with E-state index in [-0.39, 0.29) is 41.8 Å². The predicted octanol–water partition coefficient (Wildman–Crippen LogP) is 2.08. The van der Waals surface area contributed by atoms with Gasteiger partial charge in [-0.15, -0.1) is 24.0 Å². The number of carbonyl (C=O) groups excluding carboxylic acids is 1. The molecule has 0 bridgehead atoms. The van der Waals surface area contributed by atoms with E-state index in [9.17, 15) is 4.79 Å². The van der Waals surface area contributed by atoms with Gasteiger partial charge in [0, 0.05) is 51.0 Å². The Hall–Kier alpha value is -1.32. The molecule has 26 heavy (non-hydrogen) atoms. The van der Waals surface area contributed by atoms with Crippen LogP contribution in [0.5, 0.6) is 0 Å². The number of halogens is 1. The summed E-state index contributed by atoms with van der Waals surface area (Å²) in [6.07, 6.45) is 4.79. The second-order valence-corrected chi connectivity index (χ2v) is 7.38. The van der Waals surface area contributed by atoms with Gasteiger partial charge >= 0.3 is 0 Å². The number of hydrogen-bond acceptors (Lipinski definition) is 3. The molecule has 0 aromatic carbocycles. The van der Waals surface area contributed by atoms with Gasteiger partial charge in [0.05, 0.1) is 6.54 Å². The molecule has 1 aromatic heterocycles. The number of hydrogen-bond donors (Lipinski definition) is 2. The highest BCUT2D eigenvalue weighted by atomic mass is 127. The number of nitrogens with zero attached hydrogens (tertiary/aromatic N) is 4. The lowest BCUT2D eigenvalue weighted by Gasteiger charge is -2.20. The molecule has 2 heterocycles. The predicted molar refractivity (Wildman–Crippen MR) is 116 cm³/mol. The maximum absolute atomic E-state index is 12.1. The third kappa shape index (κ3) is 6.44. The maximum Gasteiger partial charge on any atom is 0.225 e. The minimum atomic E-state index is 0. The van der Waals surface area contributed by atoms with Crippen molar-refractivity contribution in [2.75, 3.05) is 20.1 Å². The van der Waals surface area contributed by atoms with Crippen molar-refractivity contribution in [3.63, 3.8) is 0 Å². The summed E-state index contributed by atoms with van der Waals surface area (Å²) in [6, 6.07) is 0.240. The van der Waals surface area contributed by atoms with Crippen molar-refractivity contribution in [3.05, 3.63) is 18.2 Å². The lowest BCUT2D eigenvalue weighted by atomic mass is 10.2. The molecule has 1 aliphatic heterocycles. The molecule has 0 saturated carbocycles. The van der Waals surface area contributed by atoms with Gasteiger partial charge in [0.1, 0.15) is 5.82 Å². The summed E-state index contributed by atoms with van der Waals surface area (Å²) in [6.45, 7) is 11.4. The molecule has 1 unspecified atom stereocenters. The summed E-state index contributed by atoms with van der Waals surface area (Å²) in [5, 5.41) is 6.75. The van der Waals surface area contributed by atoms with Crippen molar-refractivity contribution < 1.29 is 4.79 Å². The smallest absolute Gasteiger partial charge is 0.225 e. The third-order valence-electron chi connectivity index (χ3n) is 4.34. The van der Waals surface area contributed by atoms with Gasteiger partial charge in [-0.2, -0.15) is 0 Å². The van der Waals surface area contributed by atoms with Crippen LogP contribution < -0.4 is 10.6 Å². The van der Waals surface area contributed by atoms with Gasteiger partial charge in [0.25, 0.3) is 0 Å². The average Bonchev–Trinajstić information content (AvgIpc) is 3.19. The number of aromatic nitrogens is 2. The van der Waals surface area contributed by atoms with E-state index in [1.807, 2.05) is 31.1 Å². The largest absolute Gasteiger partial charge is 0.352 e. The summed E-state index contributed by atoms with van der Waals surface area (Å²) >= 11 is 0. The fourth-order valence-corrected chi connectivity index (χ4v) is 3.06. The Morgan fingerprint density at radius 3 is 2.73 bits per heavy atom. The Bertz CT molecular complexity index is 598. The summed E-state index contributed by atoms with van der Waals surface area (Å²) in [5.41, 5.74) is 0. The van der Waals surface area contributed by atoms with E-state index in [0.29, 0.717) is 12.5 Å². The van der Waals surface area contributed by atoms with Crippen LogP contribution in [0.1, 0.15) is 39.9 Å². The molecule has 2 N–H and O–H groups in total. The van der Waals surface area contributed by atoms with Crippen molar-refractivity contribution in [1.82, 2.24) is 25.1 Å². The molecule has 0 radical (unpaired) electrons. The molecule has 1 atom stereocenters. The molecule has 1 aliphatic rings. The van der Waals surface area contributed by atoms with Crippen LogP contribution in [0.3, 0.4) is 0 Å². The summed E-state index contributed by atoms with van der Waals surface area (Å²) in [5.74, 6) is 2.61. The van der Waals surface area contributed by atoms with Crippen LogP contribution in [-0.4, -0.2) is 52.5 Å². The van der Waals surface area contributed by atoms with Crippen LogP contribution in [0.4, 0.5) is 0 Å². The number of guanidine groups is 1. The van der Waals surface area contributed by atoms with Crippen molar-refractivity contribution in [1.29, 1.82) is 0 Å². The van der Waals surface area contributed by atoms with Gasteiger partial charge in [-0.05, 0) is 12.3 Å². The summed E-state index contributed by atoms with van der Waals surface area (Å²) < 4.78 is 2.17. The number of imidazole rings is 1. The monoisotopic (exact) mass is 476 g/mol. The van der Waals surface area contributed by atoms with E-state index in [2.05, 4.69) is 39.0 Å². The van der Waals surface area contributed by atoms with Crippen LogP contribution in [-0.2, 0) is 17.9 Å². The van der Waals surface area contributed by atoms with Gasteiger partial charge in [-0.1, -0.05) is 27.7 Å². The van der Waals surface area contributed by atoms with Gasteiger partial charge in [0.2, 0.25) is 5.91 Å². The Labute approximate surface area is 174 Å². The number of rotatable bonds is 6. The molecular weight excluding hydrogens is 443 g/mol. The van der Waals surface area contributed by atoms with Crippen molar-refractivity contribution in [3.8, 4) is 0 Å². The normalized spacial score (nSPS) is 17.6. The standard InChI is InChI=1S/C18H32N6O.HI/c1-13(2)11-23-9-7-20-16(23)10-21-18(19-5)22-15-6-8-24(12-15)17(25)14(3)4;/h7,9,13-15H,6,8,10-12H2,1-5H3,(H2,19,21,22);1H. The second kappa shape index (κ2) is 10.7. The number of nitrogens with one attached hydrogen (secondary N) is 2. The SMILES string of the molecule is CN=C(NCc1nccn1CC(C)C)NC1CCN(C(=O)C(C)C)C1.I. The van der Waals surface area contributed by atoms with E-state index in [1.165, 1.54) is 0 Å². The third-order valence-corrected chi connectivity index (χ3v) is 4.34. The van der Waals surface area contributed by atoms with Gasteiger partial charge in [-0.25, -0.2) is 4.98 Å². The topological polar surface area (TPSA) is 74.6 Å². The Balaban J connectivity index is 0.00000338. The molecule has 7 nitrogen and oxygen atoms in total. The molecule has 1 saturated heterocycles. The van der Waals surface area contributed by atoms with E-state index < -0.39 is 0 Å². The fourth-order valence-electron chi connectivity index (χ4n) is 3.06. The molecule has 148 valence electrons. The number of likely N-dealkylation sites (tertiary alicyclic amines) is 1. The van der Waals surface area contributed by atoms with Crippen LogP contribution >= 0.6 is 24.0 Å². The molecule has 0 aliphatic carbocycles. The van der Waals surface area contributed by atoms with E-state index >= 15 is 0 Å².